The van der Waals surface area contributed by atoms with Gasteiger partial charge in [0.25, 0.3) is 5.91 Å². The van der Waals surface area contributed by atoms with Crippen molar-refractivity contribution in [1.82, 2.24) is 30.1 Å². The van der Waals surface area contributed by atoms with Crippen LogP contribution in [-0.2, 0) is 0 Å². The number of nitrogens with zero attached hydrogens (tertiary/aromatic N) is 5. The van der Waals surface area contributed by atoms with Crippen LogP contribution in [0.25, 0.3) is 16.6 Å². The van der Waals surface area contributed by atoms with Crippen LogP contribution in [0.3, 0.4) is 0 Å². The molecule has 9 nitrogen and oxygen atoms in total. The number of fused-ring (bicyclic) bond motifs is 2. The number of anilines is 2. The summed E-state index contributed by atoms with van der Waals surface area (Å²) < 4.78 is 1.49. The maximum absolute atomic E-state index is 13.2. The minimum Gasteiger partial charge on any atom is -0.381 e. The van der Waals surface area contributed by atoms with E-state index < -0.39 is 0 Å². The van der Waals surface area contributed by atoms with Crippen LogP contribution < -0.4 is 16.0 Å². The Hall–Kier alpha value is -2.69. The van der Waals surface area contributed by atoms with Crippen molar-refractivity contribution in [3.63, 3.8) is 0 Å². The van der Waals surface area contributed by atoms with Gasteiger partial charge in [0.1, 0.15) is 5.56 Å². The summed E-state index contributed by atoms with van der Waals surface area (Å²) in [6.45, 7) is 5.83. The van der Waals surface area contributed by atoms with Crippen molar-refractivity contribution in [2.75, 3.05) is 29.5 Å². The van der Waals surface area contributed by atoms with Crippen LogP contribution in [-0.4, -0.2) is 54.8 Å². The SMILES string of the molecule is CC1CN(c2c(C(C)NC(=O)c3c(N)nn4cccnc34)cc(Cl)c3c(Cl)n[nH]c23)CCS1. The van der Waals surface area contributed by atoms with Gasteiger partial charge in [-0.25, -0.2) is 9.50 Å². The van der Waals surface area contributed by atoms with Crippen LogP contribution in [0.15, 0.2) is 24.5 Å². The maximum atomic E-state index is 13.2. The van der Waals surface area contributed by atoms with E-state index in [1.807, 2.05) is 24.8 Å². The van der Waals surface area contributed by atoms with Crippen molar-refractivity contribution in [1.29, 1.82) is 0 Å². The molecule has 0 bridgehead atoms. The fourth-order valence-electron chi connectivity index (χ4n) is 4.29. The molecule has 3 aromatic heterocycles. The Bertz CT molecular complexity index is 1370. The molecule has 4 N–H and O–H groups in total. The van der Waals surface area contributed by atoms with Gasteiger partial charge in [-0.05, 0) is 19.1 Å². The molecule has 0 aliphatic carbocycles. The van der Waals surface area contributed by atoms with E-state index in [0.717, 1.165) is 35.6 Å². The summed E-state index contributed by atoms with van der Waals surface area (Å²) >= 11 is 14.9. The van der Waals surface area contributed by atoms with Gasteiger partial charge in [0.15, 0.2) is 16.6 Å². The summed E-state index contributed by atoms with van der Waals surface area (Å²) in [5.74, 6) is 0.758. The first-order valence-corrected chi connectivity index (χ1v) is 12.3. The average molecular weight is 505 g/mol. The van der Waals surface area contributed by atoms with Crippen LogP contribution in [0.4, 0.5) is 11.5 Å². The Morgan fingerprint density at radius 2 is 2.24 bits per heavy atom. The first-order valence-electron chi connectivity index (χ1n) is 10.5. The second kappa shape index (κ2) is 8.58. The number of hydrogen-bond acceptors (Lipinski definition) is 7. The molecule has 2 unspecified atom stereocenters. The predicted molar refractivity (Wildman–Crippen MR) is 134 cm³/mol. The molecule has 1 aromatic carbocycles. The van der Waals surface area contributed by atoms with Gasteiger partial charge in [0.05, 0.1) is 27.7 Å². The van der Waals surface area contributed by atoms with E-state index in [-0.39, 0.29) is 23.3 Å². The van der Waals surface area contributed by atoms with Gasteiger partial charge in [-0.15, -0.1) is 5.10 Å². The fraction of sp³-hybridized carbons (Fsp3) is 0.333. The average Bonchev–Trinajstić information content (AvgIpc) is 3.33. The number of amides is 1. The summed E-state index contributed by atoms with van der Waals surface area (Å²) in [6.07, 6.45) is 3.29. The number of aromatic nitrogens is 5. The molecule has 1 saturated heterocycles. The fourth-order valence-corrected chi connectivity index (χ4v) is 5.89. The third kappa shape index (κ3) is 3.85. The molecular weight excluding hydrogens is 483 g/mol. The minimum atomic E-state index is -0.389. The lowest BCUT2D eigenvalue weighted by Crippen LogP contribution is -2.38. The van der Waals surface area contributed by atoms with E-state index in [9.17, 15) is 4.79 Å². The Morgan fingerprint density at radius 3 is 3.03 bits per heavy atom. The number of hydrogen-bond donors (Lipinski definition) is 3. The molecule has 1 aliphatic rings. The first kappa shape index (κ1) is 22.1. The number of carbonyl (C=O) groups excluding carboxylic acids is 1. The molecule has 5 rings (SSSR count). The van der Waals surface area contributed by atoms with Gasteiger partial charge in [-0.3, -0.25) is 9.89 Å². The maximum Gasteiger partial charge on any atom is 0.259 e. The highest BCUT2D eigenvalue weighted by atomic mass is 35.5. The predicted octanol–water partition coefficient (Wildman–Crippen LogP) is 3.93. The van der Waals surface area contributed by atoms with Crippen molar-refractivity contribution < 1.29 is 4.79 Å². The first-order chi connectivity index (χ1) is 15.8. The summed E-state index contributed by atoms with van der Waals surface area (Å²) in [7, 11) is 0. The number of aromatic amines is 1. The van der Waals surface area contributed by atoms with Gasteiger partial charge in [-0.1, -0.05) is 30.1 Å². The Balaban J connectivity index is 1.56. The second-order valence-corrected chi connectivity index (χ2v) is 10.3. The van der Waals surface area contributed by atoms with E-state index in [4.69, 9.17) is 28.9 Å². The van der Waals surface area contributed by atoms with Crippen LogP contribution in [0.2, 0.25) is 10.2 Å². The van der Waals surface area contributed by atoms with Crippen LogP contribution >= 0.6 is 35.0 Å². The number of benzene rings is 1. The van der Waals surface area contributed by atoms with Crippen LogP contribution in [0.5, 0.6) is 0 Å². The molecular formula is C21H22Cl2N8OS. The number of nitrogens with one attached hydrogen (secondary N) is 2. The highest BCUT2D eigenvalue weighted by Crippen LogP contribution is 2.41. The number of halogens is 2. The third-order valence-corrected chi connectivity index (χ3v) is 7.48. The van der Waals surface area contributed by atoms with E-state index >= 15 is 0 Å². The summed E-state index contributed by atoms with van der Waals surface area (Å²) in [6, 6.07) is 3.19. The lowest BCUT2D eigenvalue weighted by molar-refractivity contribution is 0.0942. The molecule has 4 aromatic rings. The molecule has 1 aliphatic heterocycles. The van der Waals surface area contributed by atoms with Gasteiger partial charge in [-0.2, -0.15) is 16.9 Å². The molecule has 0 saturated carbocycles. The van der Waals surface area contributed by atoms with E-state index in [2.05, 4.69) is 37.4 Å². The molecule has 0 spiro atoms. The van der Waals surface area contributed by atoms with Gasteiger partial charge in [0.2, 0.25) is 0 Å². The Kier molecular flexibility index (Phi) is 5.75. The van der Waals surface area contributed by atoms with Crippen molar-refractivity contribution in [2.45, 2.75) is 25.1 Å². The Labute approximate surface area is 204 Å². The van der Waals surface area contributed by atoms with E-state index in [1.54, 1.807) is 18.5 Å². The van der Waals surface area contributed by atoms with E-state index in [0.29, 0.717) is 26.5 Å². The highest BCUT2D eigenvalue weighted by molar-refractivity contribution is 8.00. The monoisotopic (exact) mass is 504 g/mol. The minimum absolute atomic E-state index is 0.120. The van der Waals surface area contributed by atoms with E-state index in [1.165, 1.54) is 4.52 Å². The third-order valence-electron chi connectivity index (χ3n) is 5.77. The number of nitrogen functional groups attached to an aromatic ring is 1. The molecule has 172 valence electrons. The molecule has 33 heavy (non-hydrogen) atoms. The van der Waals surface area contributed by atoms with Crippen molar-refractivity contribution >= 4 is 68.9 Å². The zero-order valence-corrected chi connectivity index (χ0v) is 20.3. The number of rotatable bonds is 4. The lowest BCUT2D eigenvalue weighted by atomic mass is 10.0. The van der Waals surface area contributed by atoms with Crippen molar-refractivity contribution in [3.8, 4) is 0 Å². The van der Waals surface area contributed by atoms with Gasteiger partial charge < -0.3 is 16.0 Å². The van der Waals surface area contributed by atoms with Crippen LogP contribution in [0.1, 0.15) is 35.8 Å². The molecule has 1 amide bonds. The Morgan fingerprint density at radius 1 is 1.42 bits per heavy atom. The van der Waals surface area contributed by atoms with Crippen molar-refractivity contribution in [3.05, 3.63) is 45.8 Å². The zero-order valence-electron chi connectivity index (χ0n) is 18.0. The standard InChI is InChI=1S/C21H22Cl2N8OS/c1-10-9-30(6-7-33-10)17-12(8-13(22)14-16(17)27-28-18(14)23)11(2)26-21(32)15-19(24)29-31-5-3-4-25-20(15)31/h3-5,8,10-11H,6-7,9H2,1-2H3,(H2,24,29)(H,26,32)(H,27,28). The van der Waals surface area contributed by atoms with Crippen molar-refractivity contribution in [2.24, 2.45) is 0 Å². The topological polar surface area (TPSA) is 117 Å². The van der Waals surface area contributed by atoms with Gasteiger partial charge in [0, 0.05) is 42.0 Å². The number of carbonyl (C=O) groups is 1. The smallest absolute Gasteiger partial charge is 0.259 e. The number of nitrogens with two attached hydrogens (primary N) is 1. The largest absolute Gasteiger partial charge is 0.381 e. The zero-order chi connectivity index (χ0) is 23.3. The van der Waals surface area contributed by atoms with Crippen LogP contribution in [0, 0.1) is 0 Å². The quantitative estimate of drug-likeness (QED) is 0.385. The molecule has 0 radical (unpaired) electrons. The summed E-state index contributed by atoms with van der Waals surface area (Å²) in [5.41, 5.74) is 9.25. The normalized spacial score (nSPS) is 17.6. The molecule has 2 atom stereocenters. The van der Waals surface area contributed by atoms with Gasteiger partial charge >= 0.3 is 0 Å². The highest BCUT2D eigenvalue weighted by Gasteiger charge is 2.28. The molecule has 1 fully saturated rings. The number of thioether (sulfide) groups is 1. The number of H-pyrrole nitrogens is 1. The lowest BCUT2D eigenvalue weighted by Gasteiger charge is -2.35. The summed E-state index contributed by atoms with van der Waals surface area (Å²) in [4.78, 5) is 19.8. The molecule has 12 heteroatoms. The molecule has 4 heterocycles. The second-order valence-electron chi connectivity index (χ2n) is 8.03. The summed E-state index contributed by atoms with van der Waals surface area (Å²) in [5, 5.41) is 16.4.